The van der Waals surface area contributed by atoms with Gasteiger partial charge in [0, 0.05) is 11.1 Å². The van der Waals surface area contributed by atoms with Gasteiger partial charge in [-0.25, -0.2) is 0 Å². The summed E-state index contributed by atoms with van der Waals surface area (Å²) >= 11 is 0. The molecule has 3 nitrogen and oxygen atoms in total. The van der Waals surface area contributed by atoms with Crippen molar-refractivity contribution in [1.82, 2.24) is 0 Å². The SMILES string of the molecule is OCCOCCOc1c(-c2ccccc2)cccc1-c1ccccc1. The maximum Gasteiger partial charge on any atom is 0.135 e. The molecule has 3 aromatic carbocycles. The predicted molar refractivity (Wildman–Crippen MR) is 101 cm³/mol. The molecular weight excluding hydrogens is 312 g/mol. The zero-order chi connectivity index (χ0) is 17.3. The van der Waals surface area contributed by atoms with Gasteiger partial charge in [0.05, 0.1) is 19.8 Å². The first kappa shape index (κ1) is 17.2. The van der Waals surface area contributed by atoms with Crippen LogP contribution in [0.2, 0.25) is 0 Å². The minimum absolute atomic E-state index is 0.0237. The molecule has 0 radical (unpaired) electrons. The molecule has 0 unspecified atom stereocenters. The Bertz CT molecular complexity index is 712. The van der Waals surface area contributed by atoms with E-state index in [-0.39, 0.29) is 6.61 Å². The van der Waals surface area contributed by atoms with Gasteiger partial charge in [-0.05, 0) is 11.1 Å². The van der Waals surface area contributed by atoms with E-state index in [1.807, 2.05) is 36.4 Å². The van der Waals surface area contributed by atoms with Gasteiger partial charge < -0.3 is 14.6 Å². The summed E-state index contributed by atoms with van der Waals surface area (Å²) in [6, 6.07) is 26.7. The molecule has 3 heteroatoms. The zero-order valence-electron chi connectivity index (χ0n) is 14.1. The largest absolute Gasteiger partial charge is 0.490 e. The zero-order valence-corrected chi connectivity index (χ0v) is 14.1. The van der Waals surface area contributed by atoms with Crippen molar-refractivity contribution in [2.45, 2.75) is 0 Å². The van der Waals surface area contributed by atoms with Crippen LogP contribution in [0.15, 0.2) is 78.9 Å². The Morgan fingerprint density at radius 3 is 1.68 bits per heavy atom. The second-order valence-electron chi connectivity index (χ2n) is 5.60. The van der Waals surface area contributed by atoms with E-state index < -0.39 is 0 Å². The number of aliphatic hydroxyl groups is 1. The van der Waals surface area contributed by atoms with Gasteiger partial charge in [-0.15, -0.1) is 0 Å². The first-order chi connectivity index (χ1) is 12.4. The molecule has 0 saturated carbocycles. The van der Waals surface area contributed by atoms with Crippen molar-refractivity contribution in [1.29, 1.82) is 0 Å². The highest BCUT2D eigenvalue weighted by atomic mass is 16.5. The van der Waals surface area contributed by atoms with Gasteiger partial charge in [0.15, 0.2) is 0 Å². The Morgan fingerprint density at radius 1 is 0.600 bits per heavy atom. The molecular formula is C22H22O3. The second-order valence-corrected chi connectivity index (χ2v) is 5.60. The van der Waals surface area contributed by atoms with Gasteiger partial charge in [-0.1, -0.05) is 78.9 Å². The highest BCUT2D eigenvalue weighted by molar-refractivity contribution is 5.82. The molecule has 0 aliphatic rings. The van der Waals surface area contributed by atoms with E-state index in [2.05, 4.69) is 42.5 Å². The molecule has 0 atom stereocenters. The maximum atomic E-state index is 8.80. The lowest BCUT2D eigenvalue weighted by Crippen LogP contribution is -2.10. The lowest BCUT2D eigenvalue weighted by atomic mass is 9.97. The third-order valence-corrected chi connectivity index (χ3v) is 3.89. The van der Waals surface area contributed by atoms with Gasteiger partial charge in [-0.2, -0.15) is 0 Å². The summed E-state index contributed by atoms with van der Waals surface area (Å²) < 4.78 is 11.4. The van der Waals surface area contributed by atoms with E-state index in [4.69, 9.17) is 14.6 Å². The second kappa shape index (κ2) is 9.02. The molecule has 0 amide bonds. The standard InChI is InChI=1S/C22H22O3/c23-14-15-24-16-17-25-22-20(18-8-3-1-4-9-18)12-7-13-21(22)19-10-5-2-6-11-19/h1-13,23H,14-17H2. The highest BCUT2D eigenvalue weighted by Crippen LogP contribution is 2.38. The Kier molecular flexibility index (Phi) is 6.21. The first-order valence-electron chi connectivity index (χ1n) is 8.45. The molecule has 25 heavy (non-hydrogen) atoms. The van der Waals surface area contributed by atoms with Crippen molar-refractivity contribution < 1.29 is 14.6 Å². The van der Waals surface area contributed by atoms with Crippen molar-refractivity contribution in [3.8, 4) is 28.0 Å². The van der Waals surface area contributed by atoms with Crippen molar-refractivity contribution in [2.75, 3.05) is 26.4 Å². The Morgan fingerprint density at radius 2 is 1.16 bits per heavy atom. The minimum atomic E-state index is 0.0237. The predicted octanol–water partition coefficient (Wildman–Crippen LogP) is 4.41. The summed E-state index contributed by atoms with van der Waals surface area (Å²) in [5.74, 6) is 0.854. The van der Waals surface area contributed by atoms with E-state index in [0.29, 0.717) is 19.8 Å². The third-order valence-electron chi connectivity index (χ3n) is 3.89. The molecule has 0 aliphatic heterocycles. The molecule has 3 aromatic rings. The molecule has 0 aromatic heterocycles. The molecule has 128 valence electrons. The summed E-state index contributed by atoms with van der Waals surface area (Å²) in [6.07, 6.45) is 0. The summed E-state index contributed by atoms with van der Waals surface area (Å²) in [6.45, 7) is 1.23. The van der Waals surface area contributed by atoms with Crippen LogP contribution in [0, 0.1) is 0 Å². The minimum Gasteiger partial charge on any atom is -0.490 e. The van der Waals surface area contributed by atoms with E-state index in [1.165, 1.54) is 0 Å². The number of rotatable bonds is 8. The Balaban J connectivity index is 1.95. The van der Waals surface area contributed by atoms with Crippen molar-refractivity contribution >= 4 is 0 Å². The maximum absolute atomic E-state index is 8.80. The van der Waals surface area contributed by atoms with Gasteiger partial charge >= 0.3 is 0 Å². The van der Waals surface area contributed by atoms with E-state index in [0.717, 1.165) is 28.0 Å². The molecule has 0 bridgehead atoms. The van der Waals surface area contributed by atoms with Gasteiger partial charge in [0.1, 0.15) is 12.4 Å². The molecule has 0 saturated heterocycles. The number of aliphatic hydroxyl groups excluding tert-OH is 1. The average Bonchev–Trinajstić information content (AvgIpc) is 2.69. The number of benzene rings is 3. The summed E-state index contributed by atoms with van der Waals surface area (Å²) in [4.78, 5) is 0. The van der Waals surface area contributed by atoms with E-state index in [9.17, 15) is 0 Å². The van der Waals surface area contributed by atoms with Crippen LogP contribution in [0.4, 0.5) is 0 Å². The van der Waals surface area contributed by atoms with Crippen LogP contribution in [-0.2, 0) is 4.74 Å². The van der Waals surface area contributed by atoms with Crippen LogP contribution in [0.5, 0.6) is 5.75 Å². The number of hydrogen-bond donors (Lipinski definition) is 1. The fourth-order valence-electron chi connectivity index (χ4n) is 2.75. The topological polar surface area (TPSA) is 38.7 Å². The Hall–Kier alpha value is -2.62. The van der Waals surface area contributed by atoms with Crippen molar-refractivity contribution in [3.63, 3.8) is 0 Å². The normalized spacial score (nSPS) is 10.6. The first-order valence-corrected chi connectivity index (χ1v) is 8.45. The molecule has 1 N–H and O–H groups in total. The Labute approximate surface area is 148 Å². The van der Waals surface area contributed by atoms with Gasteiger partial charge in [0.2, 0.25) is 0 Å². The van der Waals surface area contributed by atoms with E-state index in [1.54, 1.807) is 0 Å². The van der Waals surface area contributed by atoms with Crippen LogP contribution in [-0.4, -0.2) is 31.5 Å². The molecule has 0 fully saturated rings. The quantitative estimate of drug-likeness (QED) is 0.620. The summed E-state index contributed by atoms with van der Waals surface area (Å²) in [5.41, 5.74) is 4.35. The lowest BCUT2D eigenvalue weighted by Gasteiger charge is -2.16. The molecule has 3 rings (SSSR count). The average molecular weight is 334 g/mol. The molecule has 0 aliphatic carbocycles. The number of ether oxygens (including phenoxy) is 2. The monoisotopic (exact) mass is 334 g/mol. The molecule has 0 spiro atoms. The van der Waals surface area contributed by atoms with Crippen molar-refractivity contribution in [3.05, 3.63) is 78.9 Å². The van der Waals surface area contributed by atoms with Gasteiger partial charge in [-0.3, -0.25) is 0 Å². The third kappa shape index (κ3) is 4.47. The smallest absolute Gasteiger partial charge is 0.135 e. The van der Waals surface area contributed by atoms with Crippen LogP contribution in [0.1, 0.15) is 0 Å². The van der Waals surface area contributed by atoms with Crippen LogP contribution < -0.4 is 4.74 Å². The lowest BCUT2D eigenvalue weighted by molar-refractivity contribution is 0.0707. The van der Waals surface area contributed by atoms with Crippen LogP contribution in [0.25, 0.3) is 22.3 Å². The van der Waals surface area contributed by atoms with Crippen LogP contribution >= 0.6 is 0 Å². The van der Waals surface area contributed by atoms with E-state index >= 15 is 0 Å². The summed E-state index contributed by atoms with van der Waals surface area (Å²) in [5, 5.41) is 8.80. The van der Waals surface area contributed by atoms with Gasteiger partial charge in [0.25, 0.3) is 0 Å². The van der Waals surface area contributed by atoms with Crippen molar-refractivity contribution in [2.24, 2.45) is 0 Å². The summed E-state index contributed by atoms with van der Waals surface area (Å²) in [7, 11) is 0. The fourth-order valence-corrected chi connectivity index (χ4v) is 2.75. The van der Waals surface area contributed by atoms with Crippen LogP contribution in [0.3, 0.4) is 0 Å². The highest BCUT2D eigenvalue weighted by Gasteiger charge is 2.13. The molecule has 0 heterocycles. The number of para-hydroxylation sites is 1. The fraction of sp³-hybridized carbons (Fsp3) is 0.182. The number of hydrogen-bond acceptors (Lipinski definition) is 3.